The molecule has 3 N–H and O–H groups in total. The molecule has 0 bridgehead atoms. The van der Waals surface area contributed by atoms with E-state index in [2.05, 4.69) is 5.32 Å². The maximum absolute atomic E-state index is 12.9. The zero-order chi connectivity index (χ0) is 12.8. The van der Waals surface area contributed by atoms with E-state index < -0.39 is 0 Å². The number of nitrogens with one attached hydrogen (secondary N) is 1. The van der Waals surface area contributed by atoms with Gasteiger partial charge in [0.2, 0.25) is 5.91 Å². The summed E-state index contributed by atoms with van der Waals surface area (Å²) >= 11 is 1.96. The molecule has 1 aromatic rings. The van der Waals surface area contributed by atoms with E-state index >= 15 is 0 Å². The van der Waals surface area contributed by atoms with Crippen LogP contribution in [0.5, 0.6) is 0 Å². The first-order valence-electron chi connectivity index (χ1n) is 5.04. The Morgan fingerprint density at radius 2 is 2.35 bits per heavy atom. The fourth-order valence-corrected chi connectivity index (χ4v) is 1.87. The summed E-state index contributed by atoms with van der Waals surface area (Å²) in [5, 5.41) is 2.69. The van der Waals surface area contributed by atoms with E-state index in [1.165, 1.54) is 25.3 Å². The number of rotatable bonds is 5. The van der Waals surface area contributed by atoms with E-state index in [0.717, 1.165) is 0 Å². The van der Waals surface area contributed by atoms with E-state index in [4.69, 9.17) is 10.5 Å². The van der Waals surface area contributed by atoms with Crippen molar-refractivity contribution in [2.24, 2.45) is 5.73 Å². The maximum Gasteiger partial charge on any atom is 0.227 e. The number of methoxy groups -OCH3 is 1. The van der Waals surface area contributed by atoms with Crippen LogP contribution in [0.2, 0.25) is 0 Å². The predicted molar refractivity (Wildman–Crippen MR) is 72.2 cm³/mol. The lowest BCUT2D eigenvalue weighted by molar-refractivity contribution is -0.118. The highest BCUT2D eigenvalue weighted by atomic mass is 127. The van der Waals surface area contributed by atoms with E-state index in [1.54, 1.807) is 0 Å². The van der Waals surface area contributed by atoms with Gasteiger partial charge in [-0.1, -0.05) is 0 Å². The summed E-state index contributed by atoms with van der Waals surface area (Å²) in [6, 6.07) is 4.18. The van der Waals surface area contributed by atoms with Crippen molar-refractivity contribution < 1.29 is 13.9 Å². The fraction of sp³-hybridized carbons (Fsp3) is 0.364. The van der Waals surface area contributed by atoms with Crippen molar-refractivity contribution in [3.8, 4) is 0 Å². The van der Waals surface area contributed by atoms with Gasteiger partial charge in [0.25, 0.3) is 0 Å². The smallest absolute Gasteiger partial charge is 0.227 e. The predicted octanol–water partition coefficient (Wildman–Crippen LogP) is 1.73. The van der Waals surface area contributed by atoms with E-state index in [0.29, 0.717) is 9.26 Å². The van der Waals surface area contributed by atoms with Gasteiger partial charge in [-0.2, -0.15) is 0 Å². The highest BCUT2D eigenvalue weighted by Gasteiger charge is 2.12. The molecule has 0 saturated carbocycles. The Morgan fingerprint density at radius 3 is 2.88 bits per heavy atom. The van der Waals surface area contributed by atoms with Crippen molar-refractivity contribution in [2.75, 3.05) is 19.0 Å². The Kier molecular flexibility index (Phi) is 5.79. The zero-order valence-corrected chi connectivity index (χ0v) is 11.5. The Hall–Kier alpha value is -0.730. The Morgan fingerprint density at radius 1 is 1.65 bits per heavy atom. The summed E-state index contributed by atoms with van der Waals surface area (Å²) < 4.78 is 18.5. The quantitative estimate of drug-likeness (QED) is 0.794. The van der Waals surface area contributed by atoms with Gasteiger partial charge in [0.05, 0.1) is 18.2 Å². The minimum atomic E-state index is -0.330. The lowest BCUT2D eigenvalue weighted by atomic mass is 10.2. The van der Waals surface area contributed by atoms with Crippen molar-refractivity contribution in [1.29, 1.82) is 0 Å². The molecule has 1 atom stereocenters. The van der Waals surface area contributed by atoms with E-state index in [-0.39, 0.29) is 30.8 Å². The average Bonchev–Trinajstić information content (AvgIpc) is 2.29. The highest BCUT2D eigenvalue weighted by molar-refractivity contribution is 14.1. The molecule has 4 nitrogen and oxygen atoms in total. The standard InChI is InChI=1S/C11H14FIN2O2/c1-17-8(6-14)5-11(16)15-10-3-2-7(12)4-9(10)13/h2-4,8H,5-6,14H2,1H3,(H,15,16). The number of amides is 1. The second-order valence-corrected chi connectivity index (χ2v) is 4.63. The zero-order valence-electron chi connectivity index (χ0n) is 9.37. The first-order chi connectivity index (χ1) is 8.06. The molecule has 1 unspecified atom stereocenters. The van der Waals surface area contributed by atoms with Gasteiger partial charge in [0, 0.05) is 17.2 Å². The molecule has 1 amide bonds. The molecule has 0 saturated heterocycles. The van der Waals surface area contributed by atoms with Crippen LogP contribution < -0.4 is 11.1 Å². The number of carbonyl (C=O) groups is 1. The van der Waals surface area contributed by atoms with Gasteiger partial charge in [-0.3, -0.25) is 4.79 Å². The molecule has 1 aromatic carbocycles. The number of benzene rings is 1. The van der Waals surface area contributed by atoms with Crippen LogP contribution in [0.15, 0.2) is 18.2 Å². The minimum Gasteiger partial charge on any atom is -0.380 e. The first-order valence-corrected chi connectivity index (χ1v) is 6.12. The minimum absolute atomic E-state index is 0.181. The van der Waals surface area contributed by atoms with Gasteiger partial charge < -0.3 is 15.8 Å². The van der Waals surface area contributed by atoms with Gasteiger partial charge in [-0.15, -0.1) is 0 Å². The van der Waals surface area contributed by atoms with Crippen LogP contribution in [0.25, 0.3) is 0 Å². The van der Waals surface area contributed by atoms with Gasteiger partial charge in [-0.05, 0) is 40.8 Å². The van der Waals surface area contributed by atoms with Crippen LogP contribution in [0, 0.1) is 9.39 Å². The molecule has 94 valence electrons. The van der Waals surface area contributed by atoms with Crippen molar-refractivity contribution in [3.05, 3.63) is 27.6 Å². The topological polar surface area (TPSA) is 64.3 Å². The van der Waals surface area contributed by atoms with Gasteiger partial charge in [0.15, 0.2) is 0 Å². The monoisotopic (exact) mass is 352 g/mol. The number of hydrogen-bond donors (Lipinski definition) is 2. The molecule has 1 rings (SSSR count). The van der Waals surface area contributed by atoms with Crippen LogP contribution >= 0.6 is 22.6 Å². The third kappa shape index (κ3) is 4.57. The molecule has 0 heterocycles. The van der Waals surface area contributed by atoms with Gasteiger partial charge in [-0.25, -0.2) is 4.39 Å². The molecule has 6 heteroatoms. The normalized spacial score (nSPS) is 12.2. The van der Waals surface area contributed by atoms with E-state index in [1.807, 2.05) is 22.6 Å². The van der Waals surface area contributed by atoms with Gasteiger partial charge in [0.1, 0.15) is 5.82 Å². The van der Waals surface area contributed by atoms with E-state index in [9.17, 15) is 9.18 Å². The molecule has 0 aliphatic heterocycles. The molecule has 0 aliphatic carbocycles. The van der Waals surface area contributed by atoms with Crippen molar-refractivity contribution in [2.45, 2.75) is 12.5 Å². The average molecular weight is 352 g/mol. The maximum atomic E-state index is 12.9. The Labute approximate surface area is 113 Å². The number of anilines is 1. The summed E-state index contributed by atoms with van der Waals surface area (Å²) in [6.45, 7) is 0.282. The third-order valence-corrected chi connectivity index (χ3v) is 3.11. The Bertz CT molecular complexity index is 397. The van der Waals surface area contributed by atoms with Gasteiger partial charge >= 0.3 is 0 Å². The summed E-state index contributed by atoms with van der Waals surface area (Å²) in [5.41, 5.74) is 6.01. The summed E-state index contributed by atoms with van der Waals surface area (Å²) in [4.78, 5) is 11.6. The van der Waals surface area contributed by atoms with Crippen LogP contribution in [-0.4, -0.2) is 25.7 Å². The van der Waals surface area contributed by atoms with Crippen LogP contribution in [0.1, 0.15) is 6.42 Å². The van der Waals surface area contributed by atoms with Crippen LogP contribution in [-0.2, 0) is 9.53 Å². The molecule has 17 heavy (non-hydrogen) atoms. The van der Waals surface area contributed by atoms with Crippen LogP contribution in [0.3, 0.4) is 0 Å². The third-order valence-electron chi connectivity index (χ3n) is 2.21. The summed E-state index contributed by atoms with van der Waals surface area (Å²) in [5.74, 6) is -0.532. The molecule has 0 aliphatic rings. The second-order valence-electron chi connectivity index (χ2n) is 3.47. The largest absolute Gasteiger partial charge is 0.380 e. The van der Waals surface area contributed by atoms with Crippen LogP contribution in [0.4, 0.5) is 10.1 Å². The number of hydrogen-bond acceptors (Lipinski definition) is 3. The number of carbonyl (C=O) groups excluding carboxylic acids is 1. The fourth-order valence-electron chi connectivity index (χ4n) is 1.26. The Balaban J connectivity index is 2.62. The molecule has 0 spiro atoms. The lowest BCUT2D eigenvalue weighted by Gasteiger charge is -2.13. The highest BCUT2D eigenvalue weighted by Crippen LogP contribution is 2.19. The lowest BCUT2D eigenvalue weighted by Crippen LogP contribution is -2.28. The second kappa shape index (κ2) is 6.87. The summed E-state index contributed by atoms with van der Waals surface area (Å²) in [6.07, 6.45) is -0.117. The SMILES string of the molecule is COC(CN)CC(=O)Nc1ccc(F)cc1I. The van der Waals surface area contributed by atoms with Crippen molar-refractivity contribution in [1.82, 2.24) is 0 Å². The molecular weight excluding hydrogens is 338 g/mol. The molecule has 0 aromatic heterocycles. The number of ether oxygens (including phenoxy) is 1. The molecular formula is C11H14FIN2O2. The summed E-state index contributed by atoms with van der Waals surface area (Å²) in [7, 11) is 1.51. The number of halogens is 2. The molecule has 0 radical (unpaired) electrons. The van der Waals surface area contributed by atoms with Crippen molar-refractivity contribution in [3.63, 3.8) is 0 Å². The number of nitrogens with two attached hydrogens (primary N) is 1. The van der Waals surface area contributed by atoms with Crippen molar-refractivity contribution >= 4 is 34.2 Å². The first kappa shape index (κ1) is 14.3. The molecule has 0 fully saturated rings.